The predicted molar refractivity (Wildman–Crippen MR) is 157 cm³/mol. The predicted octanol–water partition coefficient (Wildman–Crippen LogP) is 8.01. The van der Waals surface area contributed by atoms with Crippen LogP contribution in [0.5, 0.6) is 0 Å². The number of rotatable bonds is 4. The molecule has 0 atom stereocenters. The molecule has 190 valence electrons. The minimum absolute atomic E-state index is 0.145. The van der Waals surface area contributed by atoms with Gasteiger partial charge in [0.25, 0.3) is 11.8 Å². The Kier molecular flexibility index (Phi) is 6.70. The van der Waals surface area contributed by atoms with E-state index in [0.717, 1.165) is 34.4 Å². The van der Waals surface area contributed by atoms with Gasteiger partial charge in [0.15, 0.2) is 0 Å². The average Bonchev–Trinajstić information content (AvgIpc) is 3.15. The SMILES string of the molecule is O=C(Nc1ccc(C(=O)N2Cc3ccccc3Cc3ccccc32)cc1Cl)c1ccccc1-c1ccccc1. The zero-order chi connectivity index (χ0) is 26.8. The Hall–Kier alpha value is -4.67. The number of halogens is 1. The molecule has 0 saturated carbocycles. The molecule has 39 heavy (non-hydrogen) atoms. The summed E-state index contributed by atoms with van der Waals surface area (Å²) in [6.07, 6.45) is 0.770. The monoisotopic (exact) mass is 528 g/mol. The summed E-state index contributed by atoms with van der Waals surface area (Å²) >= 11 is 6.63. The first kappa shape index (κ1) is 24.7. The number of fused-ring (bicyclic) bond motifs is 2. The number of nitrogens with zero attached hydrogens (tertiary/aromatic N) is 1. The number of benzene rings is 5. The number of hydrogen-bond donors (Lipinski definition) is 1. The number of nitrogens with one attached hydrogen (secondary N) is 1. The highest BCUT2D eigenvalue weighted by Crippen LogP contribution is 2.33. The van der Waals surface area contributed by atoms with Crippen molar-refractivity contribution in [1.82, 2.24) is 0 Å². The second-order valence-corrected chi connectivity index (χ2v) is 9.93. The molecule has 0 bridgehead atoms. The van der Waals surface area contributed by atoms with Crippen molar-refractivity contribution in [1.29, 1.82) is 0 Å². The summed E-state index contributed by atoms with van der Waals surface area (Å²) in [5.74, 6) is -0.415. The molecular weight excluding hydrogens is 504 g/mol. The second-order valence-electron chi connectivity index (χ2n) is 9.53. The number of hydrogen-bond acceptors (Lipinski definition) is 2. The molecule has 0 fully saturated rings. The molecule has 2 amide bonds. The van der Waals surface area contributed by atoms with E-state index in [1.165, 1.54) is 5.56 Å². The van der Waals surface area contributed by atoms with E-state index in [0.29, 0.717) is 28.4 Å². The summed E-state index contributed by atoms with van der Waals surface area (Å²) in [4.78, 5) is 28.9. The van der Waals surface area contributed by atoms with Crippen LogP contribution in [0, 0.1) is 0 Å². The first-order valence-electron chi connectivity index (χ1n) is 12.8. The maximum Gasteiger partial charge on any atom is 0.258 e. The van der Waals surface area contributed by atoms with Crippen molar-refractivity contribution in [3.63, 3.8) is 0 Å². The third kappa shape index (κ3) is 4.95. The summed E-state index contributed by atoms with van der Waals surface area (Å²) in [6, 6.07) is 38.5. The molecule has 0 aliphatic carbocycles. The number of carbonyl (C=O) groups is 2. The molecule has 0 spiro atoms. The van der Waals surface area contributed by atoms with Crippen molar-refractivity contribution >= 4 is 34.8 Å². The zero-order valence-electron chi connectivity index (χ0n) is 21.1. The van der Waals surface area contributed by atoms with Crippen LogP contribution in [-0.2, 0) is 13.0 Å². The lowest BCUT2D eigenvalue weighted by Crippen LogP contribution is -2.30. The van der Waals surface area contributed by atoms with Crippen LogP contribution in [0.25, 0.3) is 11.1 Å². The topological polar surface area (TPSA) is 49.4 Å². The van der Waals surface area contributed by atoms with Crippen molar-refractivity contribution in [3.05, 3.63) is 154 Å². The fourth-order valence-electron chi connectivity index (χ4n) is 5.10. The van der Waals surface area contributed by atoms with Crippen molar-refractivity contribution in [2.75, 3.05) is 10.2 Å². The van der Waals surface area contributed by atoms with E-state index in [9.17, 15) is 9.59 Å². The molecule has 1 N–H and O–H groups in total. The van der Waals surface area contributed by atoms with Crippen LogP contribution in [0.3, 0.4) is 0 Å². The van der Waals surface area contributed by atoms with Crippen LogP contribution < -0.4 is 10.2 Å². The van der Waals surface area contributed by atoms with Crippen molar-refractivity contribution < 1.29 is 9.59 Å². The summed E-state index contributed by atoms with van der Waals surface area (Å²) in [6.45, 7) is 0.471. The number of amides is 2. The van der Waals surface area contributed by atoms with Crippen LogP contribution >= 0.6 is 11.6 Å². The van der Waals surface area contributed by atoms with Crippen LogP contribution in [-0.4, -0.2) is 11.8 Å². The van der Waals surface area contributed by atoms with Gasteiger partial charge in [-0.3, -0.25) is 9.59 Å². The number of para-hydroxylation sites is 1. The summed E-state index contributed by atoms with van der Waals surface area (Å²) in [5, 5.41) is 3.23. The molecule has 1 aliphatic rings. The normalized spacial score (nSPS) is 12.2. The van der Waals surface area contributed by atoms with Gasteiger partial charge in [-0.25, -0.2) is 0 Å². The van der Waals surface area contributed by atoms with Crippen molar-refractivity contribution in [2.24, 2.45) is 0 Å². The maximum atomic E-state index is 13.8. The van der Waals surface area contributed by atoms with Crippen LogP contribution in [0.1, 0.15) is 37.4 Å². The van der Waals surface area contributed by atoms with Gasteiger partial charge in [0, 0.05) is 16.8 Å². The lowest BCUT2D eigenvalue weighted by molar-refractivity contribution is 0.0984. The molecule has 5 aromatic rings. The zero-order valence-corrected chi connectivity index (χ0v) is 21.9. The van der Waals surface area contributed by atoms with E-state index in [1.54, 1.807) is 29.2 Å². The Labute approximate surface area is 232 Å². The van der Waals surface area contributed by atoms with E-state index in [-0.39, 0.29) is 11.8 Å². The van der Waals surface area contributed by atoms with E-state index in [4.69, 9.17) is 11.6 Å². The number of carbonyl (C=O) groups excluding carboxylic acids is 2. The van der Waals surface area contributed by atoms with Gasteiger partial charge in [-0.05, 0) is 64.6 Å². The van der Waals surface area contributed by atoms with Gasteiger partial charge in [-0.2, -0.15) is 0 Å². The summed E-state index contributed by atoms with van der Waals surface area (Å²) in [7, 11) is 0. The second kappa shape index (κ2) is 10.6. The van der Waals surface area contributed by atoms with E-state index >= 15 is 0 Å². The molecule has 0 unspecified atom stereocenters. The van der Waals surface area contributed by atoms with E-state index in [1.807, 2.05) is 78.9 Å². The largest absolute Gasteiger partial charge is 0.321 e. The third-order valence-electron chi connectivity index (χ3n) is 7.08. The molecular formula is C34H25ClN2O2. The summed E-state index contributed by atoms with van der Waals surface area (Å²) in [5.41, 5.74) is 7.56. The maximum absolute atomic E-state index is 13.8. The standard InChI is InChI=1S/C34H25ClN2O2/c35-30-21-26(34(39)37-22-27-14-5-4-12-24(27)20-25-13-6-9-17-32(25)37)18-19-31(30)36-33(38)29-16-8-7-15-28(29)23-10-2-1-3-11-23/h1-19,21H,20,22H2,(H,36,38). The van der Waals surface area contributed by atoms with Gasteiger partial charge in [-0.15, -0.1) is 0 Å². The quantitative estimate of drug-likeness (QED) is 0.257. The first-order valence-corrected chi connectivity index (χ1v) is 13.2. The van der Waals surface area contributed by atoms with Crippen molar-refractivity contribution in [2.45, 2.75) is 13.0 Å². The Morgan fingerprint density at radius 3 is 2.15 bits per heavy atom. The van der Waals surface area contributed by atoms with Gasteiger partial charge in [0.2, 0.25) is 0 Å². The van der Waals surface area contributed by atoms with Crippen LogP contribution in [0.2, 0.25) is 5.02 Å². The molecule has 0 radical (unpaired) electrons. The third-order valence-corrected chi connectivity index (χ3v) is 7.39. The van der Waals surface area contributed by atoms with Gasteiger partial charge in [0.05, 0.1) is 17.3 Å². The molecule has 1 heterocycles. The molecule has 1 aliphatic heterocycles. The van der Waals surface area contributed by atoms with E-state index < -0.39 is 0 Å². The fourth-order valence-corrected chi connectivity index (χ4v) is 5.32. The lowest BCUT2D eigenvalue weighted by Gasteiger charge is -2.24. The molecule has 6 rings (SSSR count). The Morgan fingerprint density at radius 2 is 1.36 bits per heavy atom. The minimum Gasteiger partial charge on any atom is -0.321 e. The van der Waals surface area contributed by atoms with Gasteiger partial charge in [0.1, 0.15) is 0 Å². The van der Waals surface area contributed by atoms with E-state index in [2.05, 4.69) is 23.5 Å². The fraction of sp³-hybridized carbons (Fsp3) is 0.0588. The van der Waals surface area contributed by atoms with Crippen LogP contribution in [0.15, 0.2) is 121 Å². The summed E-state index contributed by atoms with van der Waals surface area (Å²) < 4.78 is 0. The Morgan fingerprint density at radius 1 is 0.692 bits per heavy atom. The minimum atomic E-state index is -0.270. The molecule has 5 aromatic carbocycles. The highest BCUT2D eigenvalue weighted by Gasteiger charge is 2.25. The molecule has 0 saturated heterocycles. The Balaban J connectivity index is 1.28. The lowest BCUT2D eigenvalue weighted by atomic mass is 9.99. The first-order chi connectivity index (χ1) is 19.1. The van der Waals surface area contributed by atoms with Gasteiger partial charge in [-0.1, -0.05) is 103 Å². The van der Waals surface area contributed by atoms with Gasteiger partial charge < -0.3 is 10.2 Å². The highest BCUT2D eigenvalue weighted by molar-refractivity contribution is 6.34. The average molecular weight is 529 g/mol. The Bertz CT molecular complexity index is 1700. The van der Waals surface area contributed by atoms with Crippen molar-refractivity contribution in [3.8, 4) is 11.1 Å². The van der Waals surface area contributed by atoms with Gasteiger partial charge >= 0.3 is 0 Å². The molecule has 0 aromatic heterocycles. The highest BCUT2D eigenvalue weighted by atomic mass is 35.5. The smallest absolute Gasteiger partial charge is 0.258 e. The van der Waals surface area contributed by atoms with Crippen LogP contribution in [0.4, 0.5) is 11.4 Å². The molecule has 4 nitrogen and oxygen atoms in total. The molecule has 5 heteroatoms. The number of anilines is 2.